The highest BCUT2D eigenvalue weighted by molar-refractivity contribution is 7.23. The normalized spacial score (nSPS) is 16.8. The summed E-state index contributed by atoms with van der Waals surface area (Å²) in [4.78, 5) is 24.6. The molecule has 1 saturated heterocycles. The van der Waals surface area contributed by atoms with E-state index in [1.807, 2.05) is 43.3 Å². The summed E-state index contributed by atoms with van der Waals surface area (Å²) < 4.78 is 7.92. The minimum absolute atomic E-state index is 0.0476. The highest BCUT2D eigenvalue weighted by Gasteiger charge is 2.29. The summed E-state index contributed by atoms with van der Waals surface area (Å²) >= 11 is 2.98. The van der Waals surface area contributed by atoms with Crippen LogP contribution in [0.3, 0.4) is 0 Å². The second-order valence-electron chi connectivity index (χ2n) is 6.96. The van der Waals surface area contributed by atoms with Gasteiger partial charge in [0, 0.05) is 6.61 Å². The van der Waals surface area contributed by atoms with Crippen LogP contribution in [0.4, 0.5) is 5.13 Å². The van der Waals surface area contributed by atoms with Crippen molar-refractivity contribution in [3.8, 4) is 0 Å². The Kier molecular flexibility index (Phi) is 4.58. The van der Waals surface area contributed by atoms with Gasteiger partial charge in [-0.1, -0.05) is 35.6 Å². The van der Waals surface area contributed by atoms with E-state index in [0.717, 1.165) is 45.4 Å². The number of nitrogens with zero attached hydrogens (tertiary/aromatic N) is 3. The third-order valence-electron chi connectivity index (χ3n) is 4.97. The Morgan fingerprint density at radius 2 is 2.00 bits per heavy atom. The second kappa shape index (κ2) is 7.24. The molecule has 1 aliphatic rings. The van der Waals surface area contributed by atoms with Crippen molar-refractivity contribution < 1.29 is 9.53 Å². The van der Waals surface area contributed by atoms with Gasteiger partial charge < -0.3 is 4.74 Å². The highest BCUT2D eigenvalue weighted by atomic mass is 32.1. The van der Waals surface area contributed by atoms with Crippen molar-refractivity contribution in [3.63, 3.8) is 0 Å². The predicted octanol–water partition coefficient (Wildman–Crippen LogP) is 5.04. The quantitative estimate of drug-likeness (QED) is 0.474. The van der Waals surface area contributed by atoms with Crippen LogP contribution in [0.15, 0.2) is 42.5 Å². The Bertz CT molecular complexity index is 1130. The van der Waals surface area contributed by atoms with Gasteiger partial charge in [-0.05, 0) is 43.5 Å². The number of carbonyl (C=O) groups excluding carboxylic acids is 1. The molecule has 5 rings (SSSR count). The number of carbonyl (C=O) groups is 1. The molecule has 142 valence electrons. The number of aromatic nitrogens is 2. The first-order valence-electron chi connectivity index (χ1n) is 9.34. The molecule has 0 radical (unpaired) electrons. The fourth-order valence-electron chi connectivity index (χ4n) is 3.51. The first kappa shape index (κ1) is 17.7. The van der Waals surface area contributed by atoms with Crippen LogP contribution in [0.2, 0.25) is 0 Å². The zero-order chi connectivity index (χ0) is 19.1. The maximum Gasteiger partial charge on any atom is 0.289 e. The number of fused-ring (bicyclic) bond motifs is 2. The molecule has 0 N–H and O–H groups in total. The Morgan fingerprint density at radius 1 is 1.14 bits per heavy atom. The minimum Gasteiger partial charge on any atom is -0.376 e. The van der Waals surface area contributed by atoms with Crippen LogP contribution in [-0.4, -0.2) is 35.1 Å². The summed E-state index contributed by atoms with van der Waals surface area (Å²) in [5, 5.41) is 1.21. The summed E-state index contributed by atoms with van der Waals surface area (Å²) in [6.45, 7) is 3.31. The molecule has 3 heterocycles. The van der Waals surface area contributed by atoms with Crippen molar-refractivity contribution in [1.82, 2.24) is 9.97 Å². The van der Waals surface area contributed by atoms with Crippen molar-refractivity contribution in [2.45, 2.75) is 25.9 Å². The third-order valence-corrected chi connectivity index (χ3v) is 7.04. The lowest BCUT2D eigenvalue weighted by atomic mass is 10.2. The summed E-state index contributed by atoms with van der Waals surface area (Å²) in [6, 6.07) is 14.0. The van der Waals surface area contributed by atoms with Gasteiger partial charge in [-0.25, -0.2) is 9.97 Å². The first-order chi connectivity index (χ1) is 13.7. The average molecular weight is 410 g/mol. The molecule has 4 aromatic rings. The van der Waals surface area contributed by atoms with Gasteiger partial charge >= 0.3 is 0 Å². The van der Waals surface area contributed by atoms with E-state index in [2.05, 4.69) is 11.1 Å². The second-order valence-corrected chi connectivity index (χ2v) is 9.00. The van der Waals surface area contributed by atoms with Crippen molar-refractivity contribution in [2.24, 2.45) is 0 Å². The monoisotopic (exact) mass is 409 g/mol. The lowest BCUT2D eigenvalue weighted by molar-refractivity contribution is 0.0917. The van der Waals surface area contributed by atoms with Crippen molar-refractivity contribution in [1.29, 1.82) is 0 Å². The van der Waals surface area contributed by atoms with E-state index in [1.54, 1.807) is 16.2 Å². The zero-order valence-corrected chi connectivity index (χ0v) is 17.1. The smallest absolute Gasteiger partial charge is 0.289 e. The minimum atomic E-state index is -0.103. The fourth-order valence-corrected chi connectivity index (χ4v) is 5.47. The molecule has 5 nitrogen and oxygen atoms in total. The number of ether oxygens (including phenoxy) is 1. The summed E-state index contributed by atoms with van der Waals surface area (Å²) in [7, 11) is 0. The number of rotatable bonds is 4. The van der Waals surface area contributed by atoms with Crippen LogP contribution in [0, 0.1) is 6.92 Å². The molecule has 0 saturated carbocycles. The average Bonchev–Trinajstić information content (AvgIpc) is 3.44. The van der Waals surface area contributed by atoms with Crippen LogP contribution in [0.5, 0.6) is 0 Å². The lowest BCUT2D eigenvalue weighted by Crippen LogP contribution is -2.37. The number of hydrogen-bond donors (Lipinski definition) is 0. The van der Waals surface area contributed by atoms with E-state index in [9.17, 15) is 4.79 Å². The molecule has 0 aliphatic carbocycles. The van der Waals surface area contributed by atoms with Gasteiger partial charge in [0.05, 0.1) is 33.1 Å². The predicted molar refractivity (Wildman–Crippen MR) is 115 cm³/mol. The van der Waals surface area contributed by atoms with Gasteiger partial charge in [0.25, 0.3) is 5.91 Å². The maximum absolute atomic E-state index is 13.4. The van der Waals surface area contributed by atoms with Crippen LogP contribution in [-0.2, 0) is 4.74 Å². The molecule has 1 amide bonds. The Morgan fingerprint density at radius 3 is 2.79 bits per heavy atom. The van der Waals surface area contributed by atoms with E-state index < -0.39 is 0 Å². The number of hydrogen-bond acceptors (Lipinski definition) is 6. The van der Waals surface area contributed by atoms with Gasteiger partial charge in [0.1, 0.15) is 0 Å². The van der Waals surface area contributed by atoms with Crippen molar-refractivity contribution >= 4 is 54.1 Å². The Balaban J connectivity index is 1.56. The Hall–Kier alpha value is -2.35. The van der Waals surface area contributed by atoms with Gasteiger partial charge in [-0.3, -0.25) is 9.69 Å². The molecular formula is C21H19N3O2S2. The third kappa shape index (κ3) is 3.19. The number of anilines is 1. The van der Waals surface area contributed by atoms with Gasteiger partial charge in [0.2, 0.25) is 0 Å². The van der Waals surface area contributed by atoms with Crippen molar-refractivity contribution in [3.05, 3.63) is 53.0 Å². The molecule has 2 aromatic heterocycles. The molecule has 1 aliphatic heterocycles. The SMILES string of the molecule is Cc1cccc2sc(N(CC3CCCO3)C(=O)c3nc4ccccc4s3)nc12. The zero-order valence-electron chi connectivity index (χ0n) is 15.4. The maximum atomic E-state index is 13.4. The fraction of sp³-hybridized carbons (Fsp3) is 0.286. The first-order valence-corrected chi connectivity index (χ1v) is 11.0. The highest BCUT2D eigenvalue weighted by Crippen LogP contribution is 2.33. The molecule has 1 fully saturated rings. The van der Waals surface area contributed by atoms with Gasteiger partial charge in [-0.15, -0.1) is 11.3 Å². The van der Waals surface area contributed by atoms with Crippen LogP contribution >= 0.6 is 22.7 Å². The molecule has 2 aromatic carbocycles. The van der Waals surface area contributed by atoms with Gasteiger partial charge in [-0.2, -0.15) is 0 Å². The number of aryl methyl sites for hydroxylation is 1. The van der Waals surface area contributed by atoms with Crippen molar-refractivity contribution in [2.75, 3.05) is 18.1 Å². The number of amides is 1. The van der Waals surface area contributed by atoms with E-state index in [0.29, 0.717) is 16.7 Å². The number of thiazole rings is 2. The van der Waals surface area contributed by atoms with Crippen LogP contribution in [0.1, 0.15) is 28.2 Å². The number of benzene rings is 2. The van der Waals surface area contributed by atoms with E-state index >= 15 is 0 Å². The molecule has 28 heavy (non-hydrogen) atoms. The summed E-state index contributed by atoms with van der Waals surface area (Å²) in [6.07, 6.45) is 2.05. The number of para-hydroxylation sites is 2. The topological polar surface area (TPSA) is 55.3 Å². The molecule has 1 atom stereocenters. The molecule has 0 bridgehead atoms. The standard InChI is InChI=1S/C21H19N3O2S2/c1-13-6-4-10-17-18(13)23-21(28-17)24(12-14-7-5-11-26-14)20(25)19-22-15-8-2-3-9-16(15)27-19/h2-4,6,8-10,14H,5,7,11-12H2,1H3. The summed E-state index contributed by atoms with van der Waals surface area (Å²) in [5.74, 6) is -0.103. The van der Waals surface area contributed by atoms with E-state index in [1.165, 1.54) is 11.3 Å². The van der Waals surface area contributed by atoms with E-state index in [4.69, 9.17) is 9.72 Å². The molecule has 7 heteroatoms. The van der Waals surface area contributed by atoms with Crippen LogP contribution < -0.4 is 4.90 Å². The summed E-state index contributed by atoms with van der Waals surface area (Å²) in [5.41, 5.74) is 2.93. The molecule has 1 unspecified atom stereocenters. The molecular weight excluding hydrogens is 390 g/mol. The van der Waals surface area contributed by atoms with Gasteiger partial charge in [0.15, 0.2) is 10.1 Å². The lowest BCUT2D eigenvalue weighted by Gasteiger charge is -2.22. The van der Waals surface area contributed by atoms with E-state index in [-0.39, 0.29) is 12.0 Å². The Labute approximate surface area is 170 Å². The van der Waals surface area contributed by atoms with Crippen LogP contribution in [0.25, 0.3) is 20.4 Å². The molecule has 0 spiro atoms. The largest absolute Gasteiger partial charge is 0.376 e.